The molecular weight excluding hydrogens is 280 g/mol. The van der Waals surface area contributed by atoms with Crippen LogP contribution in [0, 0.1) is 25.7 Å². The Morgan fingerprint density at radius 2 is 1.91 bits per heavy atom. The van der Waals surface area contributed by atoms with Crippen LogP contribution in [0.1, 0.15) is 24.0 Å². The van der Waals surface area contributed by atoms with E-state index in [1.165, 1.54) is 5.56 Å². The molecule has 1 fully saturated rings. The van der Waals surface area contributed by atoms with Crippen molar-refractivity contribution in [1.29, 1.82) is 0 Å². The Hall–Kier alpha value is -1.88. The third kappa shape index (κ3) is 4.31. The van der Waals surface area contributed by atoms with E-state index < -0.39 is 0 Å². The summed E-state index contributed by atoms with van der Waals surface area (Å²) >= 11 is 0. The molecule has 2 N–H and O–H groups in total. The van der Waals surface area contributed by atoms with E-state index in [1.807, 2.05) is 32.0 Å². The fourth-order valence-electron chi connectivity index (χ4n) is 2.39. The van der Waals surface area contributed by atoms with Gasteiger partial charge in [0.05, 0.1) is 11.8 Å². The van der Waals surface area contributed by atoms with Crippen LogP contribution in [0.15, 0.2) is 18.2 Å². The molecule has 1 saturated carbocycles. The van der Waals surface area contributed by atoms with E-state index in [-0.39, 0.29) is 23.7 Å². The van der Waals surface area contributed by atoms with Crippen molar-refractivity contribution in [3.63, 3.8) is 0 Å². The number of nitrogens with one attached hydrogen (secondary N) is 2. The first-order valence-corrected chi connectivity index (χ1v) is 7.67. The highest BCUT2D eigenvalue weighted by Crippen LogP contribution is 2.39. The summed E-state index contributed by atoms with van der Waals surface area (Å²) in [6, 6.07) is 5.83. The monoisotopic (exact) mass is 304 g/mol. The Labute approximate surface area is 131 Å². The highest BCUT2D eigenvalue weighted by Gasteiger charge is 2.47. The number of ether oxygens (including phenoxy) is 1. The molecule has 2 amide bonds. The number of rotatable bonds is 7. The maximum absolute atomic E-state index is 12.2. The molecule has 0 bridgehead atoms. The Kier molecular flexibility index (Phi) is 5.55. The molecule has 120 valence electrons. The molecule has 1 aliphatic rings. The molecule has 1 aromatic rings. The van der Waals surface area contributed by atoms with Crippen molar-refractivity contribution in [2.45, 2.75) is 26.7 Å². The molecule has 0 saturated heterocycles. The molecule has 0 radical (unpaired) electrons. The normalized spacial score (nSPS) is 19.6. The second kappa shape index (κ2) is 7.40. The number of amides is 2. The first kappa shape index (κ1) is 16.5. The summed E-state index contributed by atoms with van der Waals surface area (Å²) in [5.41, 5.74) is 3.12. The number of anilines is 1. The zero-order valence-corrected chi connectivity index (χ0v) is 13.4. The SMILES string of the molecule is COCCCNC(=O)C1CC1C(=O)Nc1ccc(C)c(C)c1. The molecule has 5 nitrogen and oxygen atoms in total. The van der Waals surface area contributed by atoms with Gasteiger partial charge in [-0.05, 0) is 49.9 Å². The zero-order valence-electron chi connectivity index (χ0n) is 13.4. The Balaban J connectivity index is 1.78. The molecule has 2 rings (SSSR count). The molecule has 5 heteroatoms. The van der Waals surface area contributed by atoms with Crippen LogP contribution in [0.5, 0.6) is 0 Å². The van der Waals surface area contributed by atoms with Crippen LogP contribution in [0.25, 0.3) is 0 Å². The highest BCUT2D eigenvalue weighted by molar-refractivity contribution is 5.99. The number of aryl methyl sites for hydroxylation is 2. The van der Waals surface area contributed by atoms with E-state index in [2.05, 4.69) is 10.6 Å². The predicted octanol–water partition coefficient (Wildman–Crippen LogP) is 2.03. The van der Waals surface area contributed by atoms with Gasteiger partial charge in [0.2, 0.25) is 11.8 Å². The summed E-state index contributed by atoms with van der Waals surface area (Å²) in [7, 11) is 1.63. The van der Waals surface area contributed by atoms with Crippen molar-refractivity contribution in [3.8, 4) is 0 Å². The molecule has 0 spiro atoms. The van der Waals surface area contributed by atoms with Crippen molar-refractivity contribution >= 4 is 17.5 Å². The molecule has 22 heavy (non-hydrogen) atoms. The lowest BCUT2D eigenvalue weighted by molar-refractivity contribution is -0.125. The first-order chi connectivity index (χ1) is 10.5. The summed E-state index contributed by atoms with van der Waals surface area (Å²) in [5.74, 6) is -0.491. The highest BCUT2D eigenvalue weighted by atomic mass is 16.5. The largest absolute Gasteiger partial charge is 0.385 e. The Bertz CT molecular complexity index is 557. The van der Waals surface area contributed by atoms with Crippen LogP contribution in [0.3, 0.4) is 0 Å². The average molecular weight is 304 g/mol. The standard InChI is InChI=1S/C17H24N2O3/c1-11-5-6-13(9-12(11)2)19-17(21)15-10-14(15)16(20)18-7-4-8-22-3/h5-6,9,14-15H,4,7-8,10H2,1-3H3,(H,18,20)(H,19,21). The predicted molar refractivity (Wildman–Crippen MR) is 85.6 cm³/mol. The van der Waals surface area contributed by atoms with E-state index in [4.69, 9.17) is 4.74 Å². The van der Waals surface area contributed by atoms with Crippen LogP contribution in [-0.2, 0) is 14.3 Å². The van der Waals surface area contributed by atoms with Crippen LogP contribution in [0.4, 0.5) is 5.69 Å². The van der Waals surface area contributed by atoms with E-state index >= 15 is 0 Å². The number of carbonyl (C=O) groups excluding carboxylic acids is 2. The van der Waals surface area contributed by atoms with Crippen molar-refractivity contribution < 1.29 is 14.3 Å². The van der Waals surface area contributed by atoms with Gasteiger partial charge in [-0.25, -0.2) is 0 Å². The number of hydrogen-bond acceptors (Lipinski definition) is 3. The van der Waals surface area contributed by atoms with Crippen molar-refractivity contribution in [2.75, 3.05) is 25.6 Å². The molecular formula is C17H24N2O3. The fraction of sp³-hybridized carbons (Fsp3) is 0.529. The van der Waals surface area contributed by atoms with Crippen LogP contribution < -0.4 is 10.6 Å². The molecule has 0 heterocycles. The fourth-order valence-corrected chi connectivity index (χ4v) is 2.39. The van der Waals surface area contributed by atoms with Gasteiger partial charge < -0.3 is 15.4 Å². The summed E-state index contributed by atoms with van der Waals surface area (Å²) in [6.07, 6.45) is 1.42. The van der Waals surface area contributed by atoms with Gasteiger partial charge in [-0.15, -0.1) is 0 Å². The van der Waals surface area contributed by atoms with Crippen LogP contribution >= 0.6 is 0 Å². The molecule has 0 aromatic heterocycles. The maximum atomic E-state index is 12.2. The summed E-state index contributed by atoms with van der Waals surface area (Å²) in [4.78, 5) is 24.1. The second-order valence-corrected chi connectivity index (χ2v) is 5.87. The minimum absolute atomic E-state index is 0.0312. The lowest BCUT2D eigenvalue weighted by Crippen LogP contribution is -2.28. The van der Waals surface area contributed by atoms with Crippen molar-refractivity contribution in [1.82, 2.24) is 5.32 Å². The summed E-state index contributed by atoms with van der Waals surface area (Å²) in [5, 5.41) is 5.74. The molecule has 1 aliphatic carbocycles. The van der Waals surface area contributed by atoms with E-state index in [0.29, 0.717) is 19.6 Å². The summed E-state index contributed by atoms with van der Waals surface area (Å²) in [6.45, 7) is 5.26. The van der Waals surface area contributed by atoms with Crippen molar-refractivity contribution in [2.24, 2.45) is 11.8 Å². The molecule has 2 unspecified atom stereocenters. The van der Waals surface area contributed by atoms with Gasteiger partial charge in [0.25, 0.3) is 0 Å². The number of hydrogen-bond donors (Lipinski definition) is 2. The van der Waals surface area contributed by atoms with Gasteiger partial charge in [0.15, 0.2) is 0 Å². The van der Waals surface area contributed by atoms with Gasteiger partial charge in [0, 0.05) is 25.9 Å². The van der Waals surface area contributed by atoms with E-state index in [9.17, 15) is 9.59 Å². The first-order valence-electron chi connectivity index (χ1n) is 7.67. The number of carbonyl (C=O) groups is 2. The third-order valence-corrected chi connectivity index (χ3v) is 4.06. The lowest BCUT2D eigenvalue weighted by atomic mass is 10.1. The van der Waals surface area contributed by atoms with Crippen LogP contribution in [0.2, 0.25) is 0 Å². The maximum Gasteiger partial charge on any atom is 0.228 e. The molecule has 2 atom stereocenters. The topological polar surface area (TPSA) is 67.4 Å². The van der Waals surface area contributed by atoms with Gasteiger partial charge in [-0.1, -0.05) is 6.07 Å². The molecule has 0 aliphatic heterocycles. The molecule has 1 aromatic carbocycles. The lowest BCUT2D eigenvalue weighted by Gasteiger charge is -2.08. The zero-order chi connectivity index (χ0) is 16.1. The minimum Gasteiger partial charge on any atom is -0.385 e. The summed E-state index contributed by atoms with van der Waals surface area (Å²) < 4.78 is 4.93. The van der Waals surface area contributed by atoms with Crippen LogP contribution in [-0.4, -0.2) is 32.1 Å². The van der Waals surface area contributed by atoms with Gasteiger partial charge in [0.1, 0.15) is 0 Å². The van der Waals surface area contributed by atoms with Crippen molar-refractivity contribution in [3.05, 3.63) is 29.3 Å². The quantitative estimate of drug-likeness (QED) is 0.757. The van der Waals surface area contributed by atoms with Gasteiger partial charge in [-0.3, -0.25) is 9.59 Å². The Morgan fingerprint density at radius 1 is 1.18 bits per heavy atom. The van der Waals surface area contributed by atoms with Gasteiger partial charge in [-0.2, -0.15) is 0 Å². The Morgan fingerprint density at radius 3 is 2.59 bits per heavy atom. The van der Waals surface area contributed by atoms with Gasteiger partial charge >= 0.3 is 0 Å². The van der Waals surface area contributed by atoms with E-state index in [1.54, 1.807) is 7.11 Å². The number of methoxy groups -OCH3 is 1. The number of benzene rings is 1. The second-order valence-electron chi connectivity index (χ2n) is 5.87. The van der Waals surface area contributed by atoms with E-state index in [0.717, 1.165) is 17.7 Å². The smallest absolute Gasteiger partial charge is 0.228 e. The minimum atomic E-state index is -0.205. The average Bonchev–Trinajstić information content (AvgIpc) is 3.28. The third-order valence-electron chi connectivity index (χ3n) is 4.06.